The maximum atomic E-state index is 6.03. The fourth-order valence-electron chi connectivity index (χ4n) is 2.21. The summed E-state index contributed by atoms with van der Waals surface area (Å²) in [5, 5.41) is 1.06. The second kappa shape index (κ2) is 4.98. The summed E-state index contributed by atoms with van der Waals surface area (Å²) in [6.45, 7) is 3.62. The molecule has 0 spiro atoms. The summed E-state index contributed by atoms with van der Waals surface area (Å²) in [5.74, 6) is 0.752. The summed E-state index contributed by atoms with van der Waals surface area (Å²) >= 11 is 1.66. The van der Waals surface area contributed by atoms with Crippen molar-refractivity contribution in [1.82, 2.24) is 9.88 Å². The largest absolute Gasteiger partial charge is 0.490 e. The lowest BCUT2D eigenvalue weighted by atomic mass is 10.3. The highest BCUT2D eigenvalue weighted by atomic mass is 32.1. The van der Waals surface area contributed by atoms with Gasteiger partial charge in [-0.2, -0.15) is 0 Å². The van der Waals surface area contributed by atoms with E-state index >= 15 is 0 Å². The van der Waals surface area contributed by atoms with E-state index in [2.05, 4.69) is 16.9 Å². The van der Waals surface area contributed by atoms with Crippen molar-refractivity contribution in [3.8, 4) is 5.75 Å². The molecule has 4 nitrogen and oxygen atoms in total. The summed E-state index contributed by atoms with van der Waals surface area (Å²) in [6.07, 6.45) is 2.64. The van der Waals surface area contributed by atoms with Crippen LogP contribution in [0, 0.1) is 6.92 Å². The Kier molecular flexibility index (Phi) is 3.33. The lowest BCUT2D eigenvalue weighted by Gasteiger charge is -2.16. The minimum atomic E-state index is 0.672. The first-order valence-corrected chi connectivity index (χ1v) is 7.45. The van der Waals surface area contributed by atoms with Gasteiger partial charge in [-0.1, -0.05) is 0 Å². The Morgan fingerprint density at radius 3 is 3.00 bits per heavy atom. The second-order valence-electron chi connectivity index (χ2n) is 5.15. The van der Waals surface area contributed by atoms with E-state index in [1.807, 2.05) is 19.1 Å². The van der Waals surface area contributed by atoms with Crippen LogP contribution >= 0.6 is 11.3 Å². The number of thiazole rings is 1. The summed E-state index contributed by atoms with van der Waals surface area (Å²) < 4.78 is 6.92. The van der Waals surface area contributed by atoms with E-state index in [1.165, 1.54) is 12.8 Å². The number of anilines is 1. The van der Waals surface area contributed by atoms with Crippen molar-refractivity contribution in [3.05, 3.63) is 17.1 Å². The van der Waals surface area contributed by atoms with Gasteiger partial charge in [-0.15, -0.1) is 11.3 Å². The highest BCUT2D eigenvalue weighted by Crippen LogP contribution is 2.31. The van der Waals surface area contributed by atoms with Crippen LogP contribution in [0.3, 0.4) is 0 Å². The number of nitrogens with two attached hydrogens (primary N) is 1. The zero-order valence-corrected chi connectivity index (χ0v) is 12.2. The van der Waals surface area contributed by atoms with Gasteiger partial charge in [-0.05, 0) is 32.9 Å². The molecule has 1 fully saturated rings. The molecule has 0 amide bonds. The lowest BCUT2D eigenvalue weighted by Crippen LogP contribution is -2.26. The lowest BCUT2D eigenvalue weighted by molar-refractivity contribution is 0.233. The molecular formula is C14H19N3OS. The second-order valence-corrected chi connectivity index (χ2v) is 6.39. The number of benzene rings is 1. The standard InChI is InChI=1S/C14H19N3OS/c1-9-16-12-8-13(11(15)7-14(12)19-9)18-6-5-17(2)10-3-4-10/h7-8,10H,3-6,15H2,1-2H3. The SMILES string of the molecule is Cc1nc2cc(OCCN(C)C3CC3)c(N)cc2s1. The molecule has 102 valence electrons. The van der Waals surface area contributed by atoms with Gasteiger partial charge in [0, 0.05) is 18.7 Å². The van der Waals surface area contributed by atoms with Crippen LogP contribution < -0.4 is 10.5 Å². The summed E-state index contributed by atoms with van der Waals surface area (Å²) in [4.78, 5) is 6.82. The number of nitrogens with zero attached hydrogens (tertiary/aromatic N) is 2. The fourth-order valence-corrected chi connectivity index (χ4v) is 3.07. The topological polar surface area (TPSA) is 51.4 Å². The van der Waals surface area contributed by atoms with Crippen LogP contribution in [0.15, 0.2) is 12.1 Å². The Labute approximate surface area is 117 Å². The Morgan fingerprint density at radius 1 is 1.47 bits per heavy atom. The number of hydrogen-bond donors (Lipinski definition) is 1. The van der Waals surface area contributed by atoms with Crippen LogP contribution in [0.2, 0.25) is 0 Å². The maximum Gasteiger partial charge on any atom is 0.144 e. The predicted molar refractivity (Wildman–Crippen MR) is 79.9 cm³/mol. The molecule has 0 atom stereocenters. The molecule has 0 unspecified atom stereocenters. The van der Waals surface area contributed by atoms with Gasteiger partial charge < -0.3 is 15.4 Å². The van der Waals surface area contributed by atoms with Gasteiger partial charge in [0.05, 0.1) is 20.9 Å². The fraction of sp³-hybridized carbons (Fsp3) is 0.500. The van der Waals surface area contributed by atoms with Crippen LogP contribution in [0.25, 0.3) is 10.2 Å². The Bertz CT molecular complexity index is 592. The average molecular weight is 277 g/mol. The number of aryl methyl sites for hydroxylation is 1. The smallest absolute Gasteiger partial charge is 0.144 e. The molecule has 2 N–H and O–H groups in total. The Balaban J connectivity index is 1.67. The van der Waals surface area contributed by atoms with E-state index in [0.29, 0.717) is 12.3 Å². The third kappa shape index (κ3) is 2.82. The average Bonchev–Trinajstić information content (AvgIpc) is 3.13. The monoisotopic (exact) mass is 277 g/mol. The van der Waals surface area contributed by atoms with E-state index in [4.69, 9.17) is 10.5 Å². The molecule has 19 heavy (non-hydrogen) atoms. The maximum absolute atomic E-state index is 6.03. The Morgan fingerprint density at radius 2 is 2.26 bits per heavy atom. The first-order chi connectivity index (χ1) is 9.13. The molecule has 5 heteroatoms. The van der Waals surface area contributed by atoms with Gasteiger partial charge in [0.2, 0.25) is 0 Å². The number of likely N-dealkylation sites (N-methyl/N-ethyl adjacent to an activating group) is 1. The van der Waals surface area contributed by atoms with Gasteiger partial charge in [0.15, 0.2) is 0 Å². The molecule has 0 saturated heterocycles. The number of fused-ring (bicyclic) bond motifs is 1. The van der Waals surface area contributed by atoms with E-state index in [1.54, 1.807) is 11.3 Å². The normalized spacial score (nSPS) is 15.3. The molecule has 0 aliphatic heterocycles. The first kappa shape index (κ1) is 12.7. The molecule has 1 aromatic carbocycles. The third-order valence-electron chi connectivity index (χ3n) is 3.50. The van der Waals surface area contributed by atoms with Crippen molar-refractivity contribution in [2.75, 3.05) is 25.9 Å². The molecule has 1 aromatic heterocycles. The molecule has 1 aliphatic rings. The number of rotatable bonds is 5. The van der Waals surface area contributed by atoms with Gasteiger partial charge in [0.25, 0.3) is 0 Å². The van der Waals surface area contributed by atoms with Crippen molar-refractivity contribution in [2.45, 2.75) is 25.8 Å². The van der Waals surface area contributed by atoms with Gasteiger partial charge in [-0.25, -0.2) is 4.98 Å². The highest BCUT2D eigenvalue weighted by Gasteiger charge is 2.25. The van der Waals surface area contributed by atoms with Crippen molar-refractivity contribution in [2.24, 2.45) is 0 Å². The van der Waals surface area contributed by atoms with Crippen LogP contribution in [-0.4, -0.2) is 36.1 Å². The number of aromatic nitrogens is 1. The number of nitrogen functional groups attached to an aromatic ring is 1. The predicted octanol–water partition coefficient (Wildman–Crippen LogP) is 2.66. The van der Waals surface area contributed by atoms with E-state index < -0.39 is 0 Å². The van der Waals surface area contributed by atoms with Crippen LogP contribution in [0.1, 0.15) is 17.8 Å². The molecule has 1 heterocycles. The quantitative estimate of drug-likeness (QED) is 0.854. The molecule has 1 aliphatic carbocycles. The number of hydrogen-bond acceptors (Lipinski definition) is 5. The van der Waals surface area contributed by atoms with Crippen LogP contribution in [-0.2, 0) is 0 Å². The summed E-state index contributed by atoms with van der Waals surface area (Å²) in [7, 11) is 2.15. The molecule has 0 radical (unpaired) electrons. The minimum absolute atomic E-state index is 0.672. The molecular weight excluding hydrogens is 258 g/mol. The van der Waals surface area contributed by atoms with Crippen molar-refractivity contribution < 1.29 is 4.74 Å². The molecule has 0 bridgehead atoms. The van der Waals surface area contributed by atoms with Crippen molar-refractivity contribution >= 4 is 27.2 Å². The zero-order valence-electron chi connectivity index (χ0n) is 11.3. The first-order valence-electron chi connectivity index (χ1n) is 6.63. The summed E-state index contributed by atoms with van der Waals surface area (Å²) in [6, 6.07) is 4.68. The number of ether oxygens (including phenoxy) is 1. The minimum Gasteiger partial charge on any atom is -0.490 e. The van der Waals surface area contributed by atoms with Crippen LogP contribution in [0.4, 0.5) is 5.69 Å². The molecule has 3 rings (SSSR count). The van der Waals surface area contributed by atoms with Crippen molar-refractivity contribution in [3.63, 3.8) is 0 Å². The molecule has 1 saturated carbocycles. The van der Waals surface area contributed by atoms with Crippen molar-refractivity contribution in [1.29, 1.82) is 0 Å². The highest BCUT2D eigenvalue weighted by molar-refractivity contribution is 7.18. The van der Waals surface area contributed by atoms with Gasteiger partial charge in [0.1, 0.15) is 12.4 Å². The van der Waals surface area contributed by atoms with Crippen LogP contribution in [0.5, 0.6) is 5.75 Å². The van der Waals surface area contributed by atoms with Gasteiger partial charge >= 0.3 is 0 Å². The van der Waals surface area contributed by atoms with Gasteiger partial charge in [-0.3, -0.25) is 0 Å². The zero-order chi connectivity index (χ0) is 13.4. The van der Waals surface area contributed by atoms with E-state index in [9.17, 15) is 0 Å². The van der Waals surface area contributed by atoms with E-state index in [-0.39, 0.29) is 0 Å². The van der Waals surface area contributed by atoms with E-state index in [0.717, 1.165) is 33.6 Å². The summed E-state index contributed by atoms with van der Waals surface area (Å²) in [5.41, 5.74) is 7.70. The third-order valence-corrected chi connectivity index (χ3v) is 4.43. The molecule has 2 aromatic rings. The Hall–Kier alpha value is -1.33.